The highest BCUT2D eigenvalue weighted by Crippen LogP contribution is 2.27. The first-order chi connectivity index (χ1) is 18.3. The zero-order valence-corrected chi connectivity index (χ0v) is 26.9. The molecular weight excluding hydrogens is 472 g/mol. The van der Waals surface area contributed by atoms with Crippen LogP contribution in [0, 0.1) is 19.8 Å². The fourth-order valence-electron chi connectivity index (χ4n) is 3.53. The Morgan fingerprint density at radius 2 is 1.41 bits per heavy atom. The molecule has 39 heavy (non-hydrogen) atoms. The van der Waals surface area contributed by atoms with E-state index in [2.05, 4.69) is 148 Å². The molecule has 0 aliphatic rings. The van der Waals surface area contributed by atoms with Crippen LogP contribution < -0.4 is 0 Å². The third-order valence-electron chi connectivity index (χ3n) is 5.80. The highest BCUT2D eigenvalue weighted by Gasteiger charge is 2.14. The average molecular weight is 529 g/mol. The lowest BCUT2D eigenvalue weighted by molar-refractivity contribution is 0.387. The van der Waals surface area contributed by atoms with Crippen molar-refractivity contribution in [2.45, 2.75) is 101 Å². The summed E-state index contributed by atoms with van der Waals surface area (Å²) >= 11 is 0. The molecule has 3 aromatic carbocycles. The number of aliphatic hydroxyl groups excluding tert-OH is 1. The topological polar surface area (TPSA) is 20.2 Å². The van der Waals surface area contributed by atoms with E-state index in [0.29, 0.717) is 6.42 Å². The van der Waals surface area contributed by atoms with Crippen LogP contribution in [0.4, 0.5) is 0 Å². The summed E-state index contributed by atoms with van der Waals surface area (Å²) in [5.41, 5.74) is 9.42. The lowest BCUT2D eigenvalue weighted by atomic mass is 9.85. The summed E-state index contributed by atoms with van der Waals surface area (Å²) < 4.78 is 0. The highest BCUT2D eigenvalue weighted by atomic mass is 16.3. The van der Waals surface area contributed by atoms with Crippen molar-refractivity contribution < 1.29 is 5.11 Å². The predicted molar refractivity (Wildman–Crippen MR) is 178 cm³/mol. The van der Waals surface area contributed by atoms with Crippen LogP contribution in [-0.2, 0) is 11.8 Å². The molecule has 1 heteroatoms. The van der Waals surface area contributed by atoms with Gasteiger partial charge >= 0.3 is 0 Å². The Balaban J connectivity index is 0.000000653. The zero-order valence-electron chi connectivity index (χ0n) is 26.9. The second kappa shape index (κ2) is 19.1. The normalized spacial score (nSPS) is 10.8. The van der Waals surface area contributed by atoms with Crippen molar-refractivity contribution >= 4 is 11.6 Å². The van der Waals surface area contributed by atoms with Gasteiger partial charge in [-0.1, -0.05) is 146 Å². The molecule has 0 unspecified atom stereocenters. The Hall–Kier alpha value is -3.06. The Bertz CT molecular complexity index is 1090. The molecule has 3 aromatic rings. The van der Waals surface area contributed by atoms with E-state index in [9.17, 15) is 0 Å². The fourth-order valence-corrected chi connectivity index (χ4v) is 3.53. The maximum atomic E-state index is 8.88. The number of rotatable bonds is 6. The molecule has 0 aromatic heterocycles. The molecule has 0 spiro atoms. The molecule has 0 saturated carbocycles. The zero-order chi connectivity index (χ0) is 30.0. The smallest absolute Gasteiger partial charge is 0.0851 e. The number of allylic oxidation sites excluding steroid dienone is 2. The van der Waals surface area contributed by atoms with Gasteiger partial charge in [-0.05, 0) is 78.3 Å². The monoisotopic (exact) mass is 528 g/mol. The Morgan fingerprint density at radius 3 is 1.90 bits per heavy atom. The van der Waals surface area contributed by atoms with E-state index in [1.807, 2.05) is 13.8 Å². The molecule has 0 aliphatic heterocycles. The van der Waals surface area contributed by atoms with E-state index in [1.54, 1.807) is 0 Å². The molecule has 3 rings (SSSR count). The number of aliphatic hydroxyl groups is 1. The molecule has 0 amide bonds. The summed E-state index contributed by atoms with van der Waals surface area (Å²) in [5.74, 6) is 1.12. The van der Waals surface area contributed by atoms with Gasteiger partial charge in [-0.25, -0.2) is 0 Å². The molecule has 0 fully saturated rings. The first kappa shape index (κ1) is 35.9. The van der Waals surface area contributed by atoms with Crippen LogP contribution in [0.25, 0.3) is 11.6 Å². The van der Waals surface area contributed by atoms with Gasteiger partial charge in [0.05, 0.1) is 5.76 Å². The molecule has 0 bridgehead atoms. The minimum Gasteiger partial charge on any atom is -0.513 e. The van der Waals surface area contributed by atoms with Crippen molar-refractivity contribution in [3.63, 3.8) is 0 Å². The molecule has 0 radical (unpaired) electrons. The van der Waals surface area contributed by atoms with Crippen molar-refractivity contribution in [2.75, 3.05) is 0 Å². The first-order valence-electron chi connectivity index (χ1n) is 14.6. The summed E-state index contributed by atoms with van der Waals surface area (Å²) in [5, 5.41) is 8.88. The summed E-state index contributed by atoms with van der Waals surface area (Å²) in [4.78, 5) is 0. The largest absolute Gasteiger partial charge is 0.513 e. The summed E-state index contributed by atoms with van der Waals surface area (Å²) in [6, 6.07) is 25.8. The van der Waals surface area contributed by atoms with Gasteiger partial charge < -0.3 is 5.11 Å². The van der Waals surface area contributed by atoms with E-state index < -0.39 is 0 Å². The number of aryl methyl sites for hydroxylation is 3. The Kier molecular flexibility index (Phi) is 17.6. The molecule has 1 nitrogen and oxygen atoms in total. The van der Waals surface area contributed by atoms with E-state index in [0.717, 1.165) is 18.8 Å². The Labute approximate surface area is 241 Å². The summed E-state index contributed by atoms with van der Waals surface area (Å²) in [6.45, 7) is 27.2. The third-order valence-corrected chi connectivity index (χ3v) is 5.80. The van der Waals surface area contributed by atoms with Crippen molar-refractivity contribution in [3.8, 4) is 0 Å². The van der Waals surface area contributed by atoms with Gasteiger partial charge in [0.1, 0.15) is 0 Å². The van der Waals surface area contributed by atoms with Gasteiger partial charge in [-0.15, -0.1) is 0 Å². The Morgan fingerprint density at radius 1 is 0.872 bits per heavy atom. The standard InChI is InChI=1S/C20H24.C12H16O.C4H10.C2H6/c1-15-11-12-19(20(3,4)5)14-18(15)13-16(2)17-9-7-6-8-10-17;1-10-6-8-12(9-7-10)5-3-4-11(2)13;1-4(2)3;1-2/h6-14H,1-5H3;6-9,13H,2-5H2,1H3;4H,1-3H3;1-2H3/b16-13+;;;. The van der Waals surface area contributed by atoms with Gasteiger partial charge in [0.2, 0.25) is 0 Å². The van der Waals surface area contributed by atoms with Gasteiger partial charge in [-0.3, -0.25) is 0 Å². The highest BCUT2D eigenvalue weighted by molar-refractivity contribution is 5.81. The molecule has 1 N–H and O–H groups in total. The molecule has 214 valence electrons. The fraction of sp³-hybridized carbons (Fsp3) is 0.421. The van der Waals surface area contributed by atoms with E-state index >= 15 is 0 Å². The number of benzene rings is 3. The van der Waals surface area contributed by atoms with Crippen LogP contribution in [0.3, 0.4) is 0 Å². The number of hydrogen-bond donors (Lipinski definition) is 1. The van der Waals surface area contributed by atoms with Crippen molar-refractivity contribution in [3.05, 3.63) is 119 Å². The van der Waals surface area contributed by atoms with Crippen molar-refractivity contribution in [1.82, 2.24) is 0 Å². The maximum Gasteiger partial charge on any atom is 0.0851 e. The van der Waals surface area contributed by atoms with E-state index in [-0.39, 0.29) is 11.2 Å². The summed E-state index contributed by atoms with van der Waals surface area (Å²) in [7, 11) is 0. The molecule has 0 aliphatic carbocycles. The van der Waals surface area contributed by atoms with Gasteiger partial charge in [0.25, 0.3) is 0 Å². The van der Waals surface area contributed by atoms with Crippen LogP contribution in [0.2, 0.25) is 0 Å². The van der Waals surface area contributed by atoms with Gasteiger partial charge in [0.15, 0.2) is 0 Å². The first-order valence-corrected chi connectivity index (χ1v) is 14.6. The molecule has 0 saturated heterocycles. The van der Waals surface area contributed by atoms with Crippen molar-refractivity contribution in [1.29, 1.82) is 0 Å². The van der Waals surface area contributed by atoms with E-state index in [1.165, 1.54) is 39.0 Å². The van der Waals surface area contributed by atoms with Gasteiger partial charge in [0, 0.05) is 6.42 Å². The van der Waals surface area contributed by atoms with E-state index in [4.69, 9.17) is 5.11 Å². The van der Waals surface area contributed by atoms with Crippen LogP contribution in [0.5, 0.6) is 0 Å². The molecule has 0 heterocycles. The van der Waals surface area contributed by atoms with Crippen molar-refractivity contribution in [2.24, 2.45) is 5.92 Å². The molecule has 0 atom stereocenters. The predicted octanol–water partition coefficient (Wildman–Crippen LogP) is 11.9. The average Bonchev–Trinajstić information content (AvgIpc) is 2.87. The van der Waals surface area contributed by atoms with Gasteiger partial charge in [-0.2, -0.15) is 0 Å². The number of hydrogen-bond acceptors (Lipinski definition) is 1. The molecular formula is C38H56O. The minimum atomic E-state index is 0.191. The SMILES string of the molecule is C/C(=C\c1cc(C(C)(C)C)ccc1C)c1ccccc1.C=C(O)CCCc1ccc(C)cc1.CC.CC(C)C. The van der Waals surface area contributed by atoms with Crippen LogP contribution >= 0.6 is 0 Å². The second-order valence-corrected chi connectivity index (χ2v) is 11.7. The van der Waals surface area contributed by atoms with Crippen LogP contribution in [0.15, 0.2) is 85.1 Å². The summed E-state index contributed by atoms with van der Waals surface area (Å²) in [6.07, 6.45) is 4.98. The maximum absolute atomic E-state index is 8.88. The lowest BCUT2D eigenvalue weighted by Crippen LogP contribution is -2.11. The minimum absolute atomic E-state index is 0.191. The second-order valence-electron chi connectivity index (χ2n) is 11.7. The lowest BCUT2D eigenvalue weighted by Gasteiger charge is -2.20. The quantitative estimate of drug-likeness (QED) is 0.249. The van der Waals surface area contributed by atoms with Crippen LogP contribution in [-0.4, -0.2) is 5.11 Å². The van der Waals surface area contributed by atoms with Crippen LogP contribution in [0.1, 0.15) is 109 Å². The third kappa shape index (κ3) is 16.5.